The van der Waals surface area contributed by atoms with Crippen LogP contribution < -0.4 is 4.90 Å². The van der Waals surface area contributed by atoms with Gasteiger partial charge in [0.05, 0.1) is 0 Å². The van der Waals surface area contributed by atoms with E-state index in [2.05, 4.69) is 241 Å². The Morgan fingerprint density at radius 3 is 1.58 bits per heavy atom. The van der Waals surface area contributed by atoms with Crippen LogP contribution in [0, 0.1) is 0 Å². The van der Waals surface area contributed by atoms with E-state index in [9.17, 15) is 0 Å². The molecule has 2 nitrogen and oxygen atoms in total. The number of nitrogens with zero attached hydrogens (tertiary/aromatic N) is 1. The molecule has 0 radical (unpaired) electrons. The average Bonchev–Trinajstić information content (AvgIpc) is 3.72. The Bertz CT molecular complexity index is 3970. The zero-order valence-corrected chi connectivity index (χ0v) is 34.9. The Hall–Kier alpha value is -8.46. The van der Waals surface area contributed by atoms with Crippen LogP contribution in [0.4, 0.5) is 17.1 Å². The van der Waals surface area contributed by atoms with E-state index in [1.807, 2.05) is 0 Å². The molecule has 12 aromatic carbocycles. The van der Waals surface area contributed by atoms with Crippen molar-refractivity contribution >= 4 is 92.9 Å². The lowest BCUT2D eigenvalue weighted by atomic mass is 9.92. The molecule has 298 valence electrons. The molecule has 0 aliphatic carbocycles. The lowest BCUT2D eigenvalue weighted by molar-refractivity contribution is 0.669. The molecule has 13 rings (SSSR count). The second-order valence-corrected chi connectivity index (χ2v) is 16.9. The van der Waals surface area contributed by atoms with E-state index < -0.39 is 0 Å². The van der Waals surface area contributed by atoms with E-state index in [0.29, 0.717) is 0 Å². The quantitative estimate of drug-likeness (QED) is 0.156. The highest BCUT2D eigenvalue weighted by Crippen LogP contribution is 2.44. The van der Waals surface area contributed by atoms with Gasteiger partial charge in [-0.15, -0.1) is 0 Å². The zero-order chi connectivity index (χ0) is 42.1. The lowest BCUT2D eigenvalue weighted by Gasteiger charge is -2.27. The molecule has 64 heavy (non-hydrogen) atoms. The highest BCUT2D eigenvalue weighted by molar-refractivity contribution is 6.15. The third kappa shape index (κ3) is 6.03. The molecule has 0 saturated carbocycles. The molecule has 0 aliphatic heterocycles. The van der Waals surface area contributed by atoms with Gasteiger partial charge in [0.1, 0.15) is 11.2 Å². The molecule has 1 heterocycles. The number of anilines is 3. The van der Waals surface area contributed by atoms with Crippen LogP contribution in [0.15, 0.2) is 241 Å². The highest BCUT2D eigenvalue weighted by atomic mass is 16.3. The minimum atomic E-state index is 0.873. The Morgan fingerprint density at radius 1 is 0.234 bits per heavy atom. The van der Waals surface area contributed by atoms with Gasteiger partial charge in [0.15, 0.2) is 0 Å². The van der Waals surface area contributed by atoms with E-state index in [1.165, 1.54) is 87.2 Å². The topological polar surface area (TPSA) is 16.4 Å². The second-order valence-electron chi connectivity index (χ2n) is 16.9. The summed E-state index contributed by atoms with van der Waals surface area (Å²) in [4.78, 5) is 2.40. The van der Waals surface area contributed by atoms with Gasteiger partial charge >= 0.3 is 0 Å². The van der Waals surface area contributed by atoms with Crippen molar-refractivity contribution in [2.24, 2.45) is 0 Å². The first kappa shape index (κ1) is 36.2. The first-order valence-electron chi connectivity index (χ1n) is 22.0. The lowest BCUT2D eigenvalue weighted by Crippen LogP contribution is -2.10. The summed E-state index contributed by atoms with van der Waals surface area (Å²) in [5, 5.41) is 14.5. The van der Waals surface area contributed by atoms with Crippen LogP contribution in [0.5, 0.6) is 0 Å². The van der Waals surface area contributed by atoms with Crippen LogP contribution in [-0.2, 0) is 0 Å². The summed E-state index contributed by atoms with van der Waals surface area (Å²) in [6.07, 6.45) is 0. The van der Waals surface area contributed by atoms with Crippen molar-refractivity contribution in [2.75, 3.05) is 4.90 Å². The van der Waals surface area contributed by atoms with E-state index >= 15 is 0 Å². The fourth-order valence-electron chi connectivity index (χ4n) is 10.0. The third-order valence-corrected chi connectivity index (χ3v) is 13.1. The predicted octanol–water partition coefficient (Wildman–Crippen LogP) is 17.8. The van der Waals surface area contributed by atoms with E-state index in [1.54, 1.807) is 0 Å². The van der Waals surface area contributed by atoms with Crippen LogP contribution in [0.3, 0.4) is 0 Å². The summed E-state index contributed by atoms with van der Waals surface area (Å²) in [6, 6.07) is 86.3. The maximum atomic E-state index is 6.52. The molecule has 2 heteroatoms. The van der Waals surface area contributed by atoms with Gasteiger partial charge in [-0.3, -0.25) is 0 Å². The molecular weight excluding hydrogens is 775 g/mol. The highest BCUT2D eigenvalue weighted by Gasteiger charge is 2.20. The van der Waals surface area contributed by atoms with Gasteiger partial charge in [-0.1, -0.05) is 164 Å². The maximum Gasteiger partial charge on any atom is 0.136 e. The van der Waals surface area contributed by atoms with Gasteiger partial charge < -0.3 is 9.32 Å². The molecule has 0 spiro atoms. The van der Waals surface area contributed by atoms with Gasteiger partial charge in [-0.2, -0.15) is 0 Å². The molecule has 0 amide bonds. The van der Waals surface area contributed by atoms with E-state index in [0.717, 1.165) is 39.0 Å². The van der Waals surface area contributed by atoms with Crippen LogP contribution >= 0.6 is 0 Å². The molecule has 0 saturated heterocycles. The Kier molecular flexibility index (Phi) is 8.25. The van der Waals surface area contributed by atoms with Crippen molar-refractivity contribution in [1.29, 1.82) is 0 Å². The van der Waals surface area contributed by atoms with Gasteiger partial charge in [-0.25, -0.2) is 0 Å². The van der Waals surface area contributed by atoms with Crippen molar-refractivity contribution in [2.45, 2.75) is 0 Å². The summed E-state index contributed by atoms with van der Waals surface area (Å²) in [7, 11) is 0. The largest absolute Gasteiger partial charge is 0.456 e. The predicted molar refractivity (Wildman–Crippen MR) is 272 cm³/mol. The van der Waals surface area contributed by atoms with Crippen LogP contribution in [-0.4, -0.2) is 0 Å². The standard InChI is InChI=1S/C62H39NO/c1-2-13-41(14-3-1)58-38-51(28-30-54(58)48-24-22-40-12-4-5-15-42(40)32-48)63(52-29-31-61-60(39-52)59-35-43-16-6-7-17-44(43)37-62(59)64-61)50-27-26-45-33-49(25-23-46(45)34-50)57-36-47-18-8-9-19-53(47)55-20-10-11-21-56(55)57/h1-39H. The molecule has 0 aliphatic rings. The normalized spacial score (nSPS) is 11.8. The number of hydrogen-bond donors (Lipinski definition) is 0. The molecule has 13 aromatic rings. The first-order valence-corrected chi connectivity index (χ1v) is 22.0. The molecule has 0 fully saturated rings. The Morgan fingerprint density at radius 2 is 0.766 bits per heavy atom. The van der Waals surface area contributed by atoms with Gasteiger partial charge in [-0.05, 0) is 160 Å². The van der Waals surface area contributed by atoms with Crippen molar-refractivity contribution in [3.63, 3.8) is 0 Å². The van der Waals surface area contributed by atoms with Crippen molar-refractivity contribution < 1.29 is 4.42 Å². The minimum absolute atomic E-state index is 0.873. The van der Waals surface area contributed by atoms with E-state index in [4.69, 9.17) is 4.42 Å². The second kappa shape index (κ2) is 14.6. The molecule has 0 atom stereocenters. The van der Waals surface area contributed by atoms with Crippen LogP contribution in [0.1, 0.15) is 0 Å². The summed E-state index contributed by atoms with van der Waals surface area (Å²) in [5.41, 5.74) is 12.1. The fourth-order valence-corrected chi connectivity index (χ4v) is 10.0. The van der Waals surface area contributed by atoms with Crippen molar-refractivity contribution in [3.05, 3.63) is 237 Å². The third-order valence-electron chi connectivity index (χ3n) is 13.1. The molecule has 1 aromatic heterocycles. The SMILES string of the molecule is c1ccc(-c2cc(N(c3ccc4cc(-c5cc6ccccc6c6ccccc56)ccc4c3)c3ccc4oc5cc6ccccc6cc5c4c3)ccc2-c2ccc3ccccc3c2)cc1. The van der Waals surface area contributed by atoms with Gasteiger partial charge in [0.2, 0.25) is 0 Å². The van der Waals surface area contributed by atoms with Gasteiger partial charge in [0.25, 0.3) is 0 Å². The number of rotatable bonds is 6. The summed E-state index contributed by atoms with van der Waals surface area (Å²) >= 11 is 0. The average molecular weight is 814 g/mol. The summed E-state index contributed by atoms with van der Waals surface area (Å²) < 4.78 is 6.52. The Labute approximate surface area is 370 Å². The minimum Gasteiger partial charge on any atom is -0.456 e. The first-order chi connectivity index (χ1) is 31.7. The Balaban J connectivity index is 1.00. The maximum absolute atomic E-state index is 6.52. The van der Waals surface area contributed by atoms with Gasteiger partial charge in [0, 0.05) is 27.8 Å². The summed E-state index contributed by atoms with van der Waals surface area (Å²) in [5.74, 6) is 0. The molecule has 0 unspecified atom stereocenters. The molecule has 0 N–H and O–H groups in total. The van der Waals surface area contributed by atoms with E-state index in [-0.39, 0.29) is 0 Å². The molecular formula is C62H39NO. The van der Waals surface area contributed by atoms with Crippen LogP contribution in [0.25, 0.3) is 109 Å². The smallest absolute Gasteiger partial charge is 0.136 e. The van der Waals surface area contributed by atoms with Crippen molar-refractivity contribution in [1.82, 2.24) is 0 Å². The molecule has 0 bridgehead atoms. The monoisotopic (exact) mass is 813 g/mol. The number of hydrogen-bond acceptors (Lipinski definition) is 2. The summed E-state index contributed by atoms with van der Waals surface area (Å²) in [6.45, 7) is 0. The number of fused-ring (bicyclic) bond motifs is 9. The number of furan rings is 1. The zero-order valence-electron chi connectivity index (χ0n) is 34.9. The number of benzene rings is 12. The van der Waals surface area contributed by atoms with Crippen molar-refractivity contribution in [3.8, 4) is 33.4 Å². The fraction of sp³-hybridized carbons (Fsp3) is 0. The van der Waals surface area contributed by atoms with Crippen LogP contribution in [0.2, 0.25) is 0 Å².